The van der Waals surface area contributed by atoms with Crippen molar-refractivity contribution in [3.63, 3.8) is 0 Å². The minimum absolute atomic E-state index is 0.119. The quantitative estimate of drug-likeness (QED) is 0.855. The molecule has 1 aliphatic rings. The molecule has 24 heavy (non-hydrogen) atoms. The van der Waals surface area contributed by atoms with Gasteiger partial charge in [-0.25, -0.2) is 0 Å². The second-order valence-corrected chi connectivity index (χ2v) is 8.17. The molecular weight excluding hydrogens is 322 g/mol. The number of nitrogens with zero attached hydrogens (tertiary/aromatic N) is 2. The minimum Gasteiger partial charge on any atom is -0.497 e. The normalized spacial score (nSPS) is 19.0. The van der Waals surface area contributed by atoms with E-state index in [0.717, 1.165) is 29.9 Å². The highest BCUT2D eigenvalue weighted by atomic mass is 32.2. The van der Waals surface area contributed by atoms with Crippen molar-refractivity contribution in [1.82, 2.24) is 4.90 Å². The molecule has 0 spiro atoms. The van der Waals surface area contributed by atoms with E-state index in [1.54, 1.807) is 23.8 Å². The second-order valence-electron chi connectivity index (χ2n) is 6.54. The second kappa shape index (κ2) is 7.91. The van der Waals surface area contributed by atoms with Crippen molar-refractivity contribution in [3.8, 4) is 11.8 Å². The fourth-order valence-corrected chi connectivity index (χ4v) is 3.73. The van der Waals surface area contributed by atoms with Gasteiger partial charge in [0.25, 0.3) is 0 Å². The zero-order valence-electron chi connectivity index (χ0n) is 14.5. The lowest BCUT2D eigenvalue weighted by molar-refractivity contribution is -0.133. The van der Waals surface area contributed by atoms with E-state index in [1.165, 1.54) is 0 Å². The third-order valence-electron chi connectivity index (χ3n) is 4.47. The Hall–Kier alpha value is -1.71. The van der Waals surface area contributed by atoms with Crippen molar-refractivity contribution in [2.45, 2.75) is 49.3 Å². The Morgan fingerprint density at radius 2 is 2.17 bits per heavy atom. The molecule has 130 valence electrons. The number of rotatable bonds is 6. The van der Waals surface area contributed by atoms with Gasteiger partial charge in [-0.1, -0.05) is 12.1 Å². The number of amides is 1. The molecule has 2 N–H and O–H groups in total. The fourth-order valence-electron chi connectivity index (χ4n) is 2.72. The van der Waals surface area contributed by atoms with Crippen LogP contribution in [0.1, 0.15) is 32.3 Å². The number of hydrogen-bond donors (Lipinski definition) is 1. The van der Waals surface area contributed by atoms with Crippen LogP contribution in [-0.4, -0.2) is 41.3 Å². The van der Waals surface area contributed by atoms with Crippen LogP contribution in [0.4, 0.5) is 0 Å². The molecule has 1 saturated heterocycles. The number of likely N-dealkylation sites (tertiary alicyclic amines) is 1. The summed E-state index contributed by atoms with van der Waals surface area (Å²) in [5, 5.41) is 9.16. The molecule has 1 aliphatic heterocycles. The van der Waals surface area contributed by atoms with Crippen molar-refractivity contribution < 1.29 is 9.53 Å². The molecule has 5 nitrogen and oxygen atoms in total. The van der Waals surface area contributed by atoms with Crippen molar-refractivity contribution in [3.05, 3.63) is 29.8 Å². The van der Waals surface area contributed by atoms with Gasteiger partial charge in [-0.3, -0.25) is 4.79 Å². The largest absolute Gasteiger partial charge is 0.497 e. The molecule has 1 aromatic carbocycles. The van der Waals surface area contributed by atoms with Gasteiger partial charge in [0.2, 0.25) is 5.91 Å². The number of carbonyl (C=O) groups excluding carboxylic acids is 1. The molecule has 0 aliphatic carbocycles. The molecule has 0 saturated carbocycles. The van der Waals surface area contributed by atoms with Crippen LogP contribution in [0.5, 0.6) is 5.75 Å². The van der Waals surface area contributed by atoms with Crippen LogP contribution in [0.3, 0.4) is 0 Å². The van der Waals surface area contributed by atoms with Gasteiger partial charge in [0.1, 0.15) is 11.8 Å². The first-order chi connectivity index (χ1) is 11.4. The van der Waals surface area contributed by atoms with Crippen LogP contribution in [0, 0.1) is 11.3 Å². The molecule has 2 unspecified atom stereocenters. The first kappa shape index (κ1) is 18.6. The Morgan fingerprint density at radius 3 is 2.75 bits per heavy atom. The van der Waals surface area contributed by atoms with Crippen LogP contribution in [0.2, 0.25) is 0 Å². The molecule has 2 rings (SSSR count). The predicted octanol–water partition coefficient (Wildman–Crippen LogP) is 2.55. The smallest absolute Gasteiger partial charge is 0.241 e. The SMILES string of the molecule is COc1ccc(CSC(C)(C)C(N)C(=O)N2CCCC2C#N)cc1. The summed E-state index contributed by atoms with van der Waals surface area (Å²) in [5.74, 6) is 1.47. The summed E-state index contributed by atoms with van der Waals surface area (Å²) in [6.45, 7) is 4.60. The first-order valence-corrected chi connectivity index (χ1v) is 9.10. The number of benzene rings is 1. The van der Waals surface area contributed by atoms with E-state index in [4.69, 9.17) is 15.7 Å². The monoisotopic (exact) mass is 347 g/mol. The van der Waals surface area contributed by atoms with Crippen molar-refractivity contribution in [2.24, 2.45) is 5.73 Å². The van der Waals surface area contributed by atoms with Gasteiger partial charge in [-0.05, 0) is 44.4 Å². The summed E-state index contributed by atoms with van der Waals surface area (Å²) in [5.41, 5.74) is 7.42. The van der Waals surface area contributed by atoms with Crippen molar-refractivity contribution in [1.29, 1.82) is 5.26 Å². The number of carbonyl (C=O) groups is 1. The number of hydrogen-bond acceptors (Lipinski definition) is 5. The zero-order chi connectivity index (χ0) is 17.7. The summed E-state index contributed by atoms with van der Waals surface area (Å²) in [4.78, 5) is 14.3. The Kier molecular flexibility index (Phi) is 6.14. The van der Waals surface area contributed by atoms with Gasteiger partial charge in [-0.2, -0.15) is 5.26 Å². The van der Waals surface area contributed by atoms with Gasteiger partial charge in [0.15, 0.2) is 0 Å². The first-order valence-electron chi connectivity index (χ1n) is 8.11. The molecule has 0 bridgehead atoms. The maximum Gasteiger partial charge on any atom is 0.241 e. The minimum atomic E-state index is -0.630. The lowest BCUT2D eigenvalue weighted by Crippen LogP contribution is -2.54. The van der Waals surface area contributed by atoms with Crippen molar-refractivity contribution >= 4 is 17.7 Å². The number of nitriles is 1. The molecule has 0 aromatic heterocycles. The van der Waals surface area contributed by atoms with Gasteiger partial charge in [0, 0.05) is 17.0 Å². The number of methoxy groups -OCH3 is 1. The van der Waals surface area contributed by atoms with E-state index in [2.05, 4.69) is 6.07 Å². The van der Waals surface area contributed by atoms with Gasteiger partial charge < -0.3 is 15.4 Å². The summed E-state index contributed by atoms with van der Waals surface area (Å²) in [7, 11) is 1.64. The molecule has 1 heterocycles. The molecule has 1 fully saturated rings. The van der Waals surface area contributed by atoms with Crippen LogP contribution in [0.15, 0.2) is 24.3 Å². The van der Waals surface area contributed by atoms with E-state index in [1.807, 2.05) is 38.1 Å². The van der Waals surface area contributed by atoms with Gasteiger partial charge >= 0.3 is 0 Å². The Balaban J connectivity index is 1.97. The van der Waals surface area contributed by atoms with Crippen LogP contribution < -0.4 is 10.5 Å². The molecule has 1 amide bonds. The fraction of sp³-hybridized carbons (Fsp3) is 0.556. The topological polar surface area (TPSA) is 79.3 Å². The van der Waals surface area contributed by atoms with Crippen LogP contribution in [0.25, 0.3) is 0 Å². The number of nitrogens with two attached hydrogens (primary N) is 1. The van der Waals surface area contributed by atoms with E-state index >= 15 is 0 Å². The molecule has 0 radical (unpaired) electrons. The standard InChI is InChI=1S/C18H25N3O2S/c1-18(2,24-12-13-6-8-15(23-3)9-7-13)16(20)17(22)21-10-4-5-14(21)11-19/h6-9,14,16H,4-5,10,12,20H2,1-3H3. The zero-order valence-corrected chi connectivity index (χ0v) is 15.3. The Labute approximate surface area is 148 Å². The molecular formula is C18H25N3O2S. The lowest BCUT2D eigenvalue weighted by atomic mass is 10.0. The maximum atomic E-state index is 12.7. The van der Waals surface area contributed by atoms with Crippen LogP contribution >= 0.6 is 11.8 Å². The van der Waals surface area contributed by atoms with E-state index in [9.17, 15) is 4.79 Å². The highest BCUT2D eigenvalue weighted by molar-refractivity contribution is 7.99. The summed E-state index contributed by atoms with van der Waals surface area (Å²) in [6, 6.07) is 9.13. The third-order valence-corrected chi connectivity index (χ3v) is 5.95. The highest BCUT2D eigenvalue weighted by Gasteiger charge is 2.39. The number of ether oxygens (including phenoxy) is 1. The average molecular weight is 347 g/mol. The summed E-state index contributed by atoms with van der Waals surface area (Å²) in [6.07, 6.45) is 1.62. The Morgan fingerprint density at radius 1 is 1.50 bits per heavy atom. The Bertz CT molecular complexity index is 610. The van der Waals surface area contributed by atoms with E-state index in [-0.39, 0.29) is 11.9 Å². The third kappa shape index (κ3) is 4.22. The maximum absolute atomic E-state index is 12.7. The summed E-state index contributed by atoms with van der Waals surface area (Å²) >= 11 is 1.65. The van der Waals surface area contributed by atoms with Crippen molar-refractivity contribution in [2.75, 3.05) is 13.7 Å². The summed E-state index contributed by atoms with van der Waals surface area (Å²) < 4.78 is 4.74. The predicted molar refractivity (Wildman–Crippen MR) is 96.7 cm³/mol. The number of thioether (sulfide) groups is 1. The highest BCUT2D eigenvalue weighted by Crippen LogP contribution is 2.32. The average Bonchev–Trinajstić information content (AvgIpc) is 3.07. The van der Waals surface area contributed by atoms with Crippen LogP contribution in [-0.2, 0) is 10.5 Å². The van der Waals surface area contributed by atoms with Gasteiger partial charge in [-0.15, -0.1) is 11.8 Å². The molecule has 2 atom stereocenters. The molecule has 1 aromatic rings. The van der Waals surface area contributed by atoms with E-state index in [0.29, 0.717) is 6.54 Å². The van der Waals surface area contributed by atoms with Gasteiger partial charge in [0.05, 0.1) is 19.2 Å². The lowest BCUT2D eigenvalue weighted by Gasteiger charge is -2.33. The molecule has 6 heteroatoms. The van der Waals surface area contributed by atoms with E-state index < -0.39 is 10.8 Å².